The van der Waals surface area contributed by atoms with Crippen molar-refractivity contribution in [3.8, 4) is 0 Å². The van der Waals surface area contributed by atoms with Gasteiger partial charge in [-0.25, -0.2) is 14.8 Å². The van der Waals surface area contributed by atoms with Gasteiger partial charge in [-0.15, -0.1) is 0 Å². The van der Waals surface area contributed by atoms with Crippen molar-refractivity contribution in [2.24, 2.45) is 0 Å². The van der Waals surface area contributed by atoms with Crippen molar-refractivity contribution in [3.05, 3.63) is 16.0 Å². The summed E-state index contributed by atoms with van der Waals surface area (Å²) in [5.74, 6) is 1.85. The maximum Gasteiger partial charge on any atom is 0.316 e. The van der Waals surface area contributed by atoms with E-state index in [4.69, 9.17) is 0 Å². The summed E-state index contributed by atoms with van der Waals surface area (Å²) in [5.41, 5.74) is 0.906. The first-order valence-electron chi connectivity index (χ1n) is 6.56. The van der Waals surface area contributed by atoms with Gasteiger partial charge >= 0.3 is 6.03 Å². The molecule has 0 aliphatic carbocycles. The van der Waals surface area contributed by atoms with Crippen LogP contribution >= 0.6 is 15.9 Å². The number of rotatable bonds is 5. The zero-order valence-electron chi connectivity index (χ0n) is 12.6. The van der Waals surface area contributed by atoms with E-state index in [1.54, 1.807) is 14.1 Å². The molecule has 0 atom stereocenters. The average molecular weight is 344 g/mol. The lowest BCUT2D eigenvalue weighted by Gasteiger charge is -2.14. The third kappa shape index (κ3) is 4.63. The topological polar surface area (TPSA) is 70.1 Å². The molecule has 2 amide bonds. The Morgan fingerprint density at radius 3 is 2.50 bits per heavy atom. The van der Waals surface area contributed by atoms with Gasteiger partial charge in [0.2, 0.25) is 0 Å². The van der Waals surface area contributed by atoms with Crippen LogP contribution < -0.4 is 10.6 Å². The van der Waals surface area contributed by atoms with Crippen LogP contribution in [0.4, 0.5) is 10.6 Å². The highest BCUT2D eigenvalue weighted by molar-refractivity contribution is 9.10. The fourth-order valence-electron chi connectivity index (χ4n) is 1.46. The summed E-state index contributed by atoms with van der Waals surface area (Å²) in [6.45, 7) is 7.19. The Morgan fingerprint density at radius 1 is 1.30 bits per heavy atom. The van der Waals surface area contributed by atoms with E-state index in [0.717, 1.165) is 21.8 Å². The zero-order chi connectivity index (χ0) is 15.3. The first kappa shape index (κ1) is 16.7. The minimum absolute atomic E-state index is 0.104. The van der Waals surface area contributed by atoms with Crippen LogP contribution in [0.1, 0.15) is 31.3 Å². The number of nitrogens with zero attached hydrogens (tertiary/aromatic N) is 3. The number of aryl methyl sites for hydroxylation is 1. The third-order valence-corrected chi connectivity index (χ3v) is 3.60. The quantitative estimate of drug-likeness (QED) is 0.805. The van der Waals surface area contributed by atoms with Gasteiger partial charge in [0.15, 0.2) is 0 Å². The van der Waals surface area contributed by atoms with Crippen molar-refractivity contribution < 1.29 is 4.79 Å². The fraction of sp³-hybridized carbons (Fsp3) is 0.615. The zero-order valence-corrected chi connectivity index (χ0v) is 14.2. The number of anilines is 1. The van der Waals surface area contributed by atoms with E-state index in [1.165, 1.54) is 4.90 Å². The molecule has 0 bridgehead atoms. The molecule has 1 rings (SSSR count). The molecule has 0 aromatic carbocycles. The van der Waals surface area contributed by atoms with Crippen molar-refractivity contribution in [3.63, 3.8) is 0 Å². The summed E-state index contributed by atoms with van der Waals surface area (Å²) in [4.78, 5) is 21.8. The van der Waals surface area contributed by atoms with Crippen LogP contribution in [-0.4, -0.2) is 48.1 Å². The van der Waals surface area contributed by atoms with Crippen LogP contribution in [0.15, 0.2) is 4.47 Å². The maximum absolute atomic E-state index is 11.4. The minimum atomic E-state index is -0.104. The minimum Gasteiger partial charge on any atom is -0.367 e. The van der Waals surface area contributed by atoms with E-state index < -0.39 is 0 Å². The van der Waals surface area contributed by atoms with Crippen LogP contribution in [0.3, 0.4) is 0 Å². The Hall–Kier alpha value is -1.37. The first-order chi connectivity index (χ1) is 9.32. The highest BCUT2D eigenvalue weighted by Crippen LogP contribution is 2.24. The van der Waals surface area contributed by atoms with Crippen molar-refractivity contribution in [1.82, 2.24) is 20.2 Å². The van der Waals surface area contributed by atoms with Crippen LogP contribution in [0, 0.1) is 6.92 Å². The highest BCUT2D eigenvalue weighted by Gasteiger charge is 2.11. The molecule has 1 aromatic heterocycles. The number of halogens is 1. The SMILES string of the molecule is Cc1nc(C(C)C)nc(NCCNC(=O)N(C)C)c1Br. The Labute approximate surface area is 128 Å². The second-order valence-corrected chi connectivity index (χ2v) is 5.83. The number of urea groups is 1. The van der Waals surface area contributed by atoms with Gasteiger partial charge in [-0.1, -0.05) is 13.8 Å². The van der Waals surface area contributed by atoms with E-state index in [9.17, 15) is 4.79 Å². The van der Waals surface area contributed by atoms with Gasteiger partial charge in [0.05, 0.1) is 10.2 Å². The Kier molecular flexibility index (Phi) is 6.19. The molecule has 0 spiro atoms. The Balaban J connectivity index is 2.61. The molecule has 0 unspecified atom stereocenters. The van der Waals surface area contributed by atoms with Gasteiger partial charge in [-0.05, 0) is 22.9 Å². The molecular weight excluding hydrogens is 322 g/mol. The molecule has 0 aliphatic rings. The number of carbonyl (C=O) groups is 1. The smallest absolute Gasteiger partial charge is 0.316 e. The second-order valence-electron chi connectivity index (χ2n) is 5.04. The van der Waals surface area contributed by atoms with Gasteiger partial charge in [0, 0.05) is 33.1 Å². The maximum atomic E-state index is 11.4. The molecule has 1 heterocycles. The van der Waals surface area contributed by atoms with Gasteiger partial charge in [0.25, 0.3) is 0 Å². The normalized spacial score (nSPS) is 10.6. The molecule has 2 N–H and O–H groups in total. The van der Waals surface area contributed by atoms with E-state index in [0.29, 0.717) is 13.1 Å². The van der Waals surface area contributed by atoms with Crippen LogP contribution in [0.5, 0.6) is 0 Å². The Bertz CT molecular complexity index is 476. The summed E-state index contributed by atoms with van der Waals surface area (Å²) in [6.07, 6.45) is 0. The molecule has 7 heteroatoms. The molecule has 0 aliphatic heterocycles. The van der Waals surface area contributed by atoms with Gasteiger partial charge < -0.3 is 15.5 Å². The average Bonchev–Trinajstić information content (AvgIpc) is 2.38. The van der Waals surface area contributed by atoms with Crippen LogP contribution in [-0.2, 0) is 0 Å². The number of hydrogen-bond donors (Lipinski definition) is 2. The lowest BCUT2D eigenvalue weighted by molar-refractivity contribution is 0.218. The van der Waals surface area contributed by atoms with Crippen LogP contribution in [0.2, 0.25) is 0 Å². The van der Waals surface area contributed by atoms with Crippen molar-refractivity contribution >= 4 is 27.8 Å². The molecule has 6 nitrogen and oxygen atoms in total. The lowest BCUT2D eigenvalue weighted by Crippen LogP contribution is -2.37. The largest absolute Gasteiger partial charge is 0.367 e. The van der Waals surface area contributed by atoms with Gasteiger partial charge in [0.1, 0.15) is 11.6 Å². The molecule has 0 fully saturated rings. The van der Waals surface area contributed by atoms with Crippen molar-refractivity contribution in [2.75, 3.05) is 32.5 Å². The number of carbonyl (C=O) groups excluding carboxylic acids is 1. The number of hydrogen-bond acceptors (Lipinski definition) is 4. The third-order valence-electron chi connectivity index (χ3n) is 2.65. The summed E-state index contributed by atoms with van der Waals surface area (Å²) >= 11 is 3.48. The van der Waals surface area contributed by atoms with Crippen LogP contribution in [0.25, 0.3) is 0 Å². The summed E-state index contributed by atoms with van der Waals surface area (Å²) in [6, 6.07) is -0.104. The standard InChI is InChI=1S/C13H22BrN5O/c1-8(2)11-17-9(3)10(14)12(18-11)15-6-7-16-13(20)19(4)5/h8H,6-7H2,1-5H3,(H,16,20)(H,15,17,18). The van der Waals surface area contributed by atoms with Crippen molar-refractivity contribution in [2.45, 2.75) is 26.7 Å². The molecule has 20 heavy (non-hydrogen) atoms. The molecule has 0 saturated carbocycles. The summed E-state index contributed by atoms with van der Waals surface area (Å²) < 4.78 is 0.862. The number of amides is 2. The van der Waals surface area contributed by atoms with Gasteiger partial charge in [-0.3, -0.25) is 0 Å². The van der Waals surface area contributed by atoms with E-state index in [1.807, 2.05) is 6.92 Å². The first-order valence-corrected chi connectivity index (χ1v) is 7.35. The lowest BCUT2D eigenvalue weighted by atomic mass is 10.2. The fourth-order valence-corrected chi connectivity index (χ4v) is 1.78. The van der Waals surface area contributed by atoms with Crippen molar-refractivity contribution in [1.29, 1.82) is 0 Å². The molecule has 1 aromatic rings. The molecule has 112 valence electrons. The predicted octanol–water partition coefficient (Wildman–Crippen LogP) is 2.35. The summed E-state index contributed by atoms with van der Waals surface area (Å²) in [5, 5.41) is 6.00. The molecular formula is C13H22BrN5O. The predicted molar refractivity (Wildman–Crippen MR) is 84.1 cm³/mol. The monoisotopic (exact) mass is 343 g/mol. The molecule has 0 radical (unpaired) electrons. The second kappa shape index (κ2) is 7.42. The van der Waals surface area contributed by atoms with E-state index >= 15 is 0 Å². The highest BCUT2D eigenvalue weighted by atomic mass is 79.9. The van der Waals surface area contributed by atoms with E-state index in [-0.39, 0.29) is 11.9 Å². The molecule has 0 saturated heterocycles. The Morgan fingerprint density at radius 2 is 1.95 bits per heavy atom. The van der Waals surface area contributed by atoms with E-state index in [2.05, 4.69) is 50.4 Å². The number of nitrogens with one attached hydrogen (secondary N) is 2. The van der Waals surface area contributed by atoms with Gasteiger partial charge in [-0.2, -0.15) is 0 Å². The summed E-state index contributed by atoms with van der Waals surface area (Å²) in [7, 11) is 3.42. The number of aromatic nitrogens is 2.